The Balaban J connectivity index is 1.39. The fourth-order valence-electron chi connectivity index (χ4n) is 4.89. The second-order valence-electron chi connectivity index (χ2n) is 8.44. The van der Waals surface area contributed by atoms with Gasteiger partial charge in [0, 0.05) is 28.1 Å². The zero-order chi connectivity index (χ0) is 22.2. The largest absolute Gasteiger partial charge is 0.492 e. The number of hydrogen-bond donors (Lipinski definition) is 0. The van der Waals surface area contributed by atoms with Crippen molar-refractivity contribution < 1.29 is 19.0 Å². The van der Waals surface area contributed by atoms with Gasteiger partial charge in [0.1, 0.15) is 17.6 Å². The van der Waals surface area contributed by atoms with E-state index >= 15 is 0 Å². The molecule has 5 heteroatoms. The number of benzene rings is 3. The molecule has 0 fully saturated rings. The monoisotopic (exact) mass is 448 g/mol. The fraction of sp³-hybridized carbons (Fsp3) is 0.296. The van der Waals surface area contributed by atoms with Crippen LogP contribution in [0.25, 0.3) is 11.1 Å². The molecule has 0 amide bonds. The van der Waals surface area contributed by atoms with Crippen molar-refractivity contribution in [1.82, 2.24) is 0 Å². The van der Waals surface area contributed by atoms with Crippen LogP contribution in [0.3, 0.4) is 0 Å². The van der Waals surface area contributed by atoms with Crippen LogP contribution < -0.4 is 9.47 Å². The number of hydrogen-bond acceptors (Lipinski definition) is 4. The van der Waals surface area contributed by atoms with Crippen molar-refractivity contribution >= 4 is 17.6 Å². The lowest BCUT2D eigenvalue weighted by molar-refractivity contribution is -0.141. The van der Waals surface area contributed by atoms with E-state index in [1.807, 2.05) is 30.3 Å². The Labute approximate surface area is 193 Å². The molecule has 0 spiro atoms. The summed E-state index contributed by atoms with van der Waals surface area (Å²) in [7, 11) is 1.41. The van der Waals surface area contributed by atoms with Crippen molar-refractivity contribution in [2.45, 2.75) is 38.2 Å². The minimum atomic E-state index is -0.223. The third kappa shape index (κ3) is 3.73. The standard InChI is InChI=1S/C27H25ClO4/c1-16-5-3-8-23(28)27(16)22-7-4-6-21-20(22)11-12-24(21)32-18-9-10-19-17(13-26(29)30-2)15-31-25(19)14-18/h3-10,14,17,24H,11-13,15H2,1-2H3/t17-,24-/m1/s1. The number of aryl methyl sites for hydroxylation is 1. The second kappa shape index (κ2) is 8.51. The van der Waals surface area contributed by atoms with Gasteiger partial charge >= 0.3 is 5.97 Å². The van der Waals surface area contributed by atoms with Crippen LogP contribution in [0, 0.1) is 6.92 Å². The van der Waals surface area contributed by atoms with Crippen molar-refractivity contribution in [2.75, 3.05) is 13.7 Å². The van der Waals surface area contributed by atoms with Gasteiger partial charge in [-0.05, 0) is 54.2 Å². The minimum absolute atomic E-state index is 0.0157. The van der Waals surface area contributed by atoms with Crippen molar-refractivity contribution in [3.8, 4) is 22.6 Å². The van der Waals surface area contributed by atoms with Crippen LogP contribution in [0.5, 0.6) is 11.5 Å². The predicted octanol–water partition coefficient (Wildman–Crippen LogP) is 6.42. The minimum Gasteiger partial charge on any atom is -0.492 e. The highest BCUT2D eigenvalue weighted by Crippen LogP contribution is 2.44. The molecule has 2 aliphatic rings. The third-order valence-electron chi connectivity index (χ3n) is 6.49. The van der Waals surface area contributed by atoms with Crippen LogP contribution in [0.2, 0.25) is 5.02 Å². The van der Waals surface area contributed by atoms with Gasteiger partial charge < -0.3 is 14.2 Å². The predicted molar refractivity (Wildman–Crippen MR) is 125 cm³/mol. The molecule has 3 aromatic carbocycles. The SMILES string of the molecule is COC(=O)C[C@@H]1COc2cc(O[C@@H]3CCc4c(-c5c(C)cccc5Cl)cccc43)ccc21. The molecule has 0 unspecified atom stereocenters. The van der Waals surface area contributed by atoms with E-state index in [-0.39, 0.29) is 18.0 Å². The number of halogens is 1. The van der Waals surface area contributed by atoms with E-state index in [4.69, 9.17) is 25.8 Å². The molecule has 0 bridgehead atoms. The molecule has 32 heavy (non-hydrogen) atoms. The van der Waals surface area contributed by atoms with Gasteiger partial charge in [-0.3, -0.25) is 4.79 Å². The zero-order valence-electron chi connectivity index (χ0n) is 18.2. The molecular weight excluding hydrogens is 424 g/mol. The number of carbonyl (C=O) groups is 1. The first-order valence-corrected chi connectivity index (χ1v) is 11.3. The van der Waals surface area contributed by atoms with Gasteiger partial charge in [0.05, 0.1) is 20.1 Å². The van der Waals surface area contributed by atoms with Gasteiger partial charge in [-0.1, -0.05) is 48.0 Å². The molecule has 0 saturated heterocycles. The fourth-order valence-corrected chi connectivity index (χ4v) is 5.22. The maximum Gasteiger partial charge on any atom is 0.306 e. The van der Waals surface area contributed by atoms with Crippen LogP contribution >= 0.6 is 11.6 Å². The molecule has 0 aromatic heterocycles. The van der Waals surface area contributed by atoms with Gasteiger partial charge in [0.2, 0.25) is 0 Å². The van der Waals surface area contributed by atoms with Crippen molar-refractivity contribution in [3.63, 3.8) is 0 Å². The molecule has 2 atom stereocenters. The Hall–Kier alpha value is -2.98. The Morgan fingerprint density at radius 1 is 1.12 bits per heavy atom. The summed E-state index contributed by atoms with van der Waals surface area (Å²) in [4.78, 5) is 11.7. The highest BCUT2D eigenvalue weighted by atomic mass is 35.5. The summed E-state index contributed by atoms with van der Waals surface area (Å²) in [6.07, 6.45) is 2.17. The second-order valence-corrected chi connectivity index (χ2v) is 8.85. The third-order valence-corrected chi connectivity index (χ3v) is 6.81. The van der Waals surface area contributed by atoms with Crippen LogP contribution in [-0.2, 0) is 16.0 Å². The number of ether oxygens (including phenoxy) is 3. The van der Waals surface area contributed by atoms with Crippen LogP contribution in [-0.4, -0.2) is 19.7 Å². The molecular formula is C27H25ClO4. The smallest absolute Gasteiger partial charge is 0.306 e. The molecule has 3 aromatic rings. The number of fused-ring (bicyclic) bond motifs is 2. The molecule has 1 aliphatic carbocycles. The van der Waals surface area contributed by atoms with Crippen molar-refractivity contribution in [3.05, 3.63) is 81.9 Å². The first-order chi connectivity index (χ1) is 15.5. The normalized spacial score (nSPS) is 18.6. The number of carbonyl (C=O) groups excluding carboxylic acids is 1. The van der Waals surface area contributed by atoms with Crippen molar-refractivity contribution in [1.29, 1.82) is 0 Å². The molecule has 164 valence electrons. The first-order valence-electron chi connectivity index (χ1n) is 10.9. The summed E-state index contributed by atoms with van der Waals surface area (Å²) in [5.74, 6) is 1.37. The Bertz CT molecular complexity index is 1170. The van der Waals surface area contributed by atoms with Crippen LogP contribution in [0.4, 0.5) is 0 Å². The average molecular weight is 449 g/mol. The zero-order valence-corrected chi connectivity index (χ0v) is 18.9. The summed E-state index contributed by atoms with van der Waals surface area (Å²) in [5, 5.41) is 0.778. The molecule has 5 rings (SSSR count). The molecule has 1 aliphatic heterocycles. The van der Waals surface area contributed by atoms with E-state index in [2.05, 4.69) is 31.2 Å². The summed E-state index contributed by atoms with van der Waals surface area (Å²) < 4.78 is 17.0. The summed E-state index contributed by atoms with van der Waals surface area (Å²) in [5.41, 5.74) is 7.03. The first kappa shape index (κ1) is 20.9. The maximum atomic E-state index is 11.7. The molecule has 1 heterocycles. The number of rotatable bonds is 5. The lowest BCUT2D eigenvalue weighted by Gasteiger charge is -2.17. The Morgan fingerprint density at radius 2 is 1.97 bits per heavy atom. The Kier molecular flexibility index (Phi) is 5.56. The molecule has 0 radical (unpaired) electrons. The molecule has 4 nitrogen and oxygen atoms in total. The van der Waals surface area contributed by atoms with Gasteiger partial charge in [-0.25, -0.2) is 0 Å². The van der Waals surface area contributed by atoms with Gasteiger partial charge in [0.15, 0.2) is 0 Å². The summed E-state index contributed by atoms with van der Waals surface area (Å²) in [6, 6.07) is 18.3. The van der Waals surface area contributed by atoms with E-state index in [1.165, 1.54) is 29.4 Å². The molecule has 0 saturated carbocycles. The lowest BCUT2D eigenvalue weighted by atomic mass is 9.94. The number of methoxy groups -OCH3 is 1. The summed E-state index contributed by atoms with van der Waals surface area (Å²) in [6.45, 7) is 2.59. The Morgan fingerprint density at radius 3 is 2.78 bits per heavy atom. The van der Waals surface area contributed by atoms with Gasteiger partial charge in [0.25, 0.3) is 0 Å². The van der Waals surface area contributed by atoms with E-state index in [0.717, 1.165) is 40.5 Å². The highest BCUT2D eigenvalue weighted by Gasteiger charge is 2.30. The number of esters is 1. The van der Waals surface area contributed by atoms with Crippen LogP contribution in [0.1, 0.15) is 47.1 Å². The topological polar surface area (TPSA) is 44.8 Å². The van der Waals surface area contributed by atoms with Gasteiger partial charge in [-0.2, -0.15) is 0 Å². The van der Waals surface area contributed by atoms with Crippen molar-refractivity contribution in [2.24, 2.45) is 0 Å². The maximum absolute atomic E-state index is 11.7. The highest BCUT2D eigenvalue weighted by molar-refractivity contribution is 6.33. The van der Waals surface area contributed by atoms with E-state index in [0.29, 0.717) is 13.0 Å². The van der Waals surface area contributed by atoms with Crippen LogP contribution in [0.15, 0.2) is 54.6 Å². The summed E-state index contributed by atoms with van der Waals surface area (Å²) >= 11 is 6.56. The average Bonchev–Trinajstić information content (AvgIpc) is 3.38. The molecule has 0 N–H and O–H groups in total. The van der Waals surface area contributed by atoms with Gasteiger partial charge in [-0.15, -0.1) is 0 Å². The lowest BCUT2D eigenvalue weighted by Crippen LogP contribution is -2.09. The van der Waals surface area contributed by atoms with E-state index in [9.17, 15) is 4.79 Å². The quantitative estimate of drug-likeness (QED) is 0.422. The van der Waals surface area contributed by atoms with E-state index in [1.54, 1.807) is 0 Å². The van der Waals surface area contributed by atoms with E-state index < -0.39 is 0 Å².